The van der Waals surface area contributed by atoms with Crippen molar-refractivity contribution in [2.75, 3.05) is 46.9 Å². The summed E-state index contributed by atoms with van der Waals surface area (Å²) in [4.78, 5) is 29.2. The Hall–Kier alpha value is -2.96. The van der Waals surface area contributed by atoms with Gasteiger partial charge in [-0.1, -0.05) is 48.5 Å². The van der Waals surface area contributed by atoms with Gasteiger partial charge in [0.1, 0.15) is 13.2 Å². The Labute approximate surface area is 264 Å². The topological polar surface area (TPSA) is 96.5 Å². The lowest BCUT2D eigenvalue weighted by molar-refractivity contribution is -0.142. The van der Waals surface area contributed by atoms with E-state index in [0.717, 1.165) is 37.2 Å². The maximum absolute atomic E-state index is 13.2. The van der Waals surface area contributed by atoms with Crippen LogP contribution in [0.5, 0.6) is 0 Å². The lowest BCUT2D eigenvalue weighted by atomic mass is 9.97. The van der Waals surface area contributed by atoms with Crippen LogP contribution in [0, 0.1) is 0 Å². The van der Waals surface area contributed by atoms with E-state index < -0.39 is 22.1 Å². The zero-order valence-electron chi connectivity index (χ0n) is 24.5. The molecule has 1 aliphatic heterocycles. The number of likely N-dealkylation sites (tertiary alicyclic amines) is 1. The van der Waals surface area contributed by atoms with Crippen molar-refractivity contribution in [1.82, 2.24) is 14.1 Å². The molecule has 4 rings (SSSR count). The third-order valence-corrected chi connectivity index (χ3v) is 10.2. The number of nitrogens with zero attached hydrogens (tertiary/aromatic N) is 3. The molecule has 2 heterocycles. The van der Waals surface area contributed by atoms with Crippen LogP contribution in [0.2, 0.25) is 0 Å². The molecule has 2 aromatic carbocycles. The number of benzene rings is 2. The first-order valence-electron chi connectivity index (χ1n) is 14.1. The van der Waals surface area contributed by atoms with E-state index in [0.29, 0.717) is 19.4 Å². The molecule has 0 aliphatic carbocycles. The quantitative estimate of drug-likeness (QED) is 0.234. The Balaban J connectivity index is 0.00000506. The number of carbonyl (C=O) groups excluding carboxylic acids is 2. The Morgan fingerprint density at radius 2 is 1.67 bits per heavy atom. The van der Waals surface area contributed by atoms with Crippen LogP contribution in [0.3, 0.4) is 0 Å². The summed E-state index contributed by atoms with van der Waals surface area (Å²) in [5.41, 5.74) is 2.01. The summed E-state index contributed by atoms with van der Waals surface area (Å²) in [6.45, 7) is 2.66. The van der Waals surface area contributed by atoms with Crippen LogP contribution in [0.15, 0.2) is 82.4 Å². The fraction of sp³-hybridized carbons (Fsp3) is 0.419. The largest absolute Gasteiger partial charge is 0.468 e. The van der Waals surface area contributed by atoms with Crippen LogP contribution >= 0.6 is 23.7 Å². The van der Waals surface area contributed by atoms with Crippen molar-refractivity contribution >= 4 is 45.8 Å². The number of piperidine rings is 1. The van der Waals surface area contributed by atoms with Gasteiger partial charge in [0.25, 0.3) is 0 Å². The van der Waals surface area contributed by atoms with Gasteiger partial charge in [-0.05, 0) is 71.8 Å². The van der Waals surface area contributed by atoms with Crippen molar-refractivity contribution in [3.63, 3.8) is 0 Å². The Kier molecular flexibility index (Phi) is 13.5. The number of carbonyl (C=O) groups is 2. The predicted molar refractivity (Wildman–Crippen MR) is 170 cm³/mol. The van der Waals surface area contributed by atoms with Crippen molar-refractivity contribution in [3.8, 4) is 0 Å². The molecule has 0 saturated carbocycles. The highest BCUT2D eigenvalue weighted by atomic mass is 35.5. The molecule has 1 aliphatic rings. The maximum atomic E-state index is 13.2. The van der Waals surface area contributed by atoms with Gasteiger partial charge in [-0.3, -0.25) is 9.69 Å². The van der Waals surface area contributed by atoms with E-state index in [4.69, 9.17) is 9.47 Å². The van der Waals surface area contributed by atoms with Crippen molar-refractivity contribution in [2.45, 2.75) is 42.7 Å². The second-order valence-corrected chi connectivity index (χ2v) is 13.3. The summed E-state index contributed by atoms with van der Waals surface area (Å²) in [6, 6.07) is 19.9. The number of ether oxygens (including phenoxy) is 2. The highest BCUT2D eigenvalue weighted by molar-refractivity contribution is 7.89. The summed E-state index contributed by atoms with van der Waals surface area (Å²) in [5.74, 6) is -0.441. The number of rotatable bonds is 13. The molecule has 43 heavy (non-hydrogen) atoms. The second-order valence-electron chi connectivity index (χ2n) is 10.5. The lowest BCUT2D eigenvalue weighted by Crippen LogP contribution is -2.49. The van der Waals surface area contributed by atoms with Gasteiger partial charge in [0.2, 0.25) is 10.0 Å². The molecule has 0 bridgehead atoms. The minimum Gasteiger partial charge on any atom is -0.468 e. The first-order chi connectivity index (χ1) is 20.3. The summed E-state index contributed by atoms with van der Waals surface area (Å²) in [6.07, 6.45) is 1.66. The molecule has 234 valence electrons. The predicted octanol–water partition coefficient (Wildman–Crippen LogP) is 5.24. The minimum atomic E-state index is -3.59. The van der Waals surface area contributed by atoms with Gasteiger partial charge in [-0.2, -0.15) is 11.3 Å². The normalized spacial score (nSPS) is 15.0. The number of thiophene rings is 1. The minimum absolute atomic E-state index is 0. The molecule has 1 saturated heterocycles. The third-order valence-electron chi connectivity index (χ3n) is 7.70. The van der Waals surface area contributed by atoms with E-state index in [1.165, 1.54) is 16.3 Å². The number of sulfonamides is 1. The van der Waals surface area contributed by atoms with Gasteiger partial charge in [-0.15, -0.1) is 12.4 Å². The lowest BCUT2D eigenvalue weighted by Gasteiger charge is -2.38. The monoisotopic (exact) mass is 649 g/mol. The Morgan fingerprint density at radius 3 is 2.28 bits per heavy atom. The molecule has 0 unspecified atom stereocenters. The molecule has 9 nitrogen and oxygen atoms in total. The zero-order valence-corrected chi connectivity index (χ0v) is 27.0. The van der Waals surface area contributed by atoms with Crippen molar-refractivity contribution in [3.05, 3.63) is 88.6 Å². The molecule has 1 amide bonds. The molecular weight excluding hydrogens is 610 g/mol. The highest BCUT2D eigenvalue weighted by Gasteiger charge is 2.31. The molecule has 1 fully saturated rings. The summed E-state index contributed by atoms with van der Waals surface area (Å²) in [5, 5.41) is 4.11. The fourth-order valence-electron chi connectivity index (χ4n) is 5.19. The van der Waals surface area contributed by atoms with E-state index in [-0.39, 0.29) is 42.4 Å². The fourth-order valence-corrected chi connectivity index (χ4v) is 7.17. The van der Waals surface area contributed by atoms with Crippen LogP contribution < -0.4 is 0 Å². The maximum Gasteiger partial charge on any atom is 0.410 e. The van der Waals surface area contributed by atoms with Crippen LogP contribution in [0.4, 0.5) is 4.79 Å². The summed E-state index contributed by atoms with van der Waals surface area (Å²) < 4.78 is 38.2. The average Bonchev–Trinajstić information content (AvgIpc) is 3.57. The molecule has 1 aromatic heterocycles. The number of hydrogen-bond donors (Lipinski definition) is 0. The summed E-state index contributed by atoms with van der Waals surface area (Å²) >= 11 is 1.61. The number of methoxy groups -OCH3 is 1. The van der Waals surface area contributed by atoms with E-state index in [2.05, 4.69) is 16.3 Å². The number of halogens is 1. The molecule has 0 spiro atoms. The van der Waals surface area contributed by atoms with Gasteiger partial charge in [-0.25, -0.2) is 17.5 Å². The first-order valence-corrected chi connectivity index (χ1v) is 16.5. The van der Waals surface area contributed by atoms with Crippen molar-refractivity contribution in [1.29, 1.82) is 0 Å². The van der Waals surface area contributed by atoms with Crippen LogP contribution in [0.1, 0.15) is 36.3 Å². The second kappa shape index (κ2) is 16.8. The number of likely N-dealkylation sites (N-methyl/N-ethyl adjacent to an activating group) is 1. The zero-order chi connectivity index (χ0) is 30.0. The van der Waals surface area contributed by atoms with Gasteiger partial charge in [0.05, 0.1) is 12.0 Å². The Bertz CT molecular complexity index is 1370. The van der Waals surface area contributed by atoms with Crippen LogP contribution in [-0.2, 0) is 30.9 Å². The third kappa shape index (κ3) is 9.77. The van der Waals surface area contributed by atoms with Crippen molar-refractivity contribution in [2.24, 2.45) is 0 Å². The smallest absolute Gasteiger partial charge is 0.410 e. The van der Waals surface area contributed by atoms with Gasteiger partial charge >= 0.3 is 12.1 Å². The summed E-state index contributed by atoms with van der Waals surface area (Å²) in [7, 11) is -0.643. The SMILES string of the molecule is COC(=O)CN(C(=O)OCc1ccccc1)C1CCN(CC[C@@H](CN(C)S(=O)(=O)c2ccccc2)c2ccsc2)CC1.Cl. The molecule has 1 atom stereocenters. The molecular formula is C31H40ClN3O6S2. The molecule has 3 aromatic rings. The standard InChI is InChI=1S/C31H39N3O6S2.ClH/c1-32(42(37,38)29-11-7-4-8-12-29)21-26(27-16-20-41-24-27)13-17-33-18-14-28(15-19-33)34(22-30(35)39-2)31(36)40-23-25-9-5-3-6-10-25;/h3-12,16,20,24,26,28H,13-15,17-19,21-23H2,1-2H3;1H/t26-;/m0./s1. The van der Waals surface area contributed by atoms with Gasteiger partial charge in [0, 0.05) is 32.7 Å². The number of esters is 1. The number of hydrogen-bond acceptors (Lipinski definition) is 8. The number of amides is 1. The molecule has 12 heteroatoms. The molecule has 0 N–H and O–H groups in total. The van der Waals surface area contributed by atoms with E-state index in [9.17, 15) is 18.0 Å². The van der Waals surface area contributed by atoms with Gasteiger partial charge in [0.15, 0.2) is 0 Å². The Morgan fingerprint density at radius 1 is 1.02 bits per heavy atom. The first kappa shape index (κ1) is 34.5. The van der Waals surface area contributed by atoms with Crippen LogP contribution in [-0.4, -0.2) is 87.5 Å². The van der Waals surface area contributed by atoms with E-state index >= 15 is 0 Å². The highest BCUT2D eigenvalue weighted by Crippen LogP contribution is 2.27. The average molecular weight is 650 g/mol. The van der Waals surface area contributed by atoms with Crippen LogP contribution in [0.25, 0.3) is 0 Å². The molecule has 0 radical (unpaired) electrons. The van der Waals surface area contributed by atoms with Gasteiger partial charge < -0.3 is 14.4 Å². The van der Waals surface area contributed by atoms with E-state index in [1.807, 2.05) is 35.7 Å². The van der Waals surface area contributed by atoms with E-state index in [1.54, 1.807) is 48.7 Å². The van der Waals surface area contributed by atoms with Crippen molar-refractivity contribution < 1.29 is 27.5 Å².